The van der Waals surface area contributed by atoms with Crippen molar-refractivity contribution in [3.8, 4) is 0 Å². The Bertz CT molecular complexity index is 871. The van der Waals surface area contributed by atoms with Crippen molar-refractivity contribution in [1.82, 2.24) is 9.21 Å². The summed E-state index contributed by atoms with van der Waals surface area (Å²) in [6, 6.07) is 2.00. The van der Waals surface area contributed by atoms with Gasteiger partial charge in [0.2, 0.25) is 10.0 Å². The summed E-state index contributed by atoms with van der Waals surface area (Å²) in [4.78, 5) is 25.8. The number of amides is 1. The van der Waals surface area contributed by atoms with Gasteiger partial charge in [-0.25, -0.2) is 8.42 Å². The molecular weight excluding hydrogens is 380 g/mol. The van der Waals surface area contributed by atoms with Gasteiger partial charge in [-0.2, -0.15) is 4.31 Å². The number of hydrogen-bond acceptors (Lipinski definition) is 5. The molecule has 0 bridgehead atoms. The van der Waals surface area contributed by atoms with Crippen molar-refractivity contribution in [3.05, 3.63) is 28.3 Å². The fourth-order valence-corrected chi connectivity index (χ4v) is 5.53. The molecule has 0 radical (unpaired) electrons. The van der Waals surface area contributed by atoms with Gasteiger partial charge in [0, 0.05) is 26.2 Å². The van der Waals surface area contributed by atoms with E-state index in [1.54, 1.807) is 4.90 Å². The number of aryl methyl sites for hydroxylation is 2. The zero-order valence-electron chi connectivity index (χ0n) is 16.9. The predicted octanol–water partition coefficient (Wildman–Crippen LogP) is 1.71. The maximum Gasteiger partial charge on any atom is 0.309 e. The molecule has 0 N–H and O–H groups in total. The Labute approximate surface area is 166 Å². The summed E-state index contributed by atoms with van der Waals surface area (Å²) in [5.74, 6) is -0.626. The van der Waals surface area contributed by atoms with Crippen LogP contribution in [0.3, 0.4) is 0 Å². The van der Waals surface area contributed by atoms with Crippen molar-refractivity contribution < 1.29 is 22.7 Å². The molecule has 28 heavy (non-hydrogen) atoms. The summed E-state index contributed by atoms with van der Waals surface area (Å²) in [6.45, 7) is 8.29. The molecule has 1 aromatic carbocycles. The third kappa shape index (κ3) is 4.07. The lowest BCUT2D eigenvalue weighted by atomic mass is 10.0. The van der Waals surface area contributed by atoms with Gasteiger partial charge >= 0.3 is 5.97 Å². The highest BCUT2D eigenvalue weighted by Crippen LogP contribution is 2.30. The van der Waals surface area contributed by atoms with Crippen LogP contribution in [0.2, 0.25) is 0 Å². The standard InChI is InChI=1S/C20H28N2O5S/c1-13-11-14(2)16(4)19(15(13)3)28(25,26)22-9-7-21(8-10-22)18(23)12-27-20(24)17-5-6-17/h11,17H,5-10,12H2,1-4H3. The van der Waals surface area contributed by atoms with Crippen LogP contribution in [0.15, 0.2) is 11.0 Å². The van der Waals surface area contributed by atoms with Crippen LogP contribution in [-0.4, -0.2) is 62.3 Å². The number of carbonyl (C=O) groups excluding carboxylic acids is 2. The van der Waals surface area contributed by atoms with Crippen molar-refractivity contribution in [2.75, 3.05) is 32.8 Å². The summed E-state index contributed by atoms with van der Waals surface area (Å²) in [7, 11) is -3.64. The lowest BCUT2D eigenvalue weighted by Gasteiger charge is -2.34. The molecule has 2 aliphatic rings. The zero-order chi connectivity index (χ0) is 20.6. The van der Waals surface area contributed by atoms with Crippen LogP contribution in [0.4, 0.5) is 0 Å². The maximum atomic E-state index is 13.3. The van der Waals surface area contributed by atoms with Gasteiger partial charge in [-0.15, -0.1) is 0 Å². The third-order valence-corrected chi connectivity index (χ3v) is 7.91. The van der Waals surface area contributed by atoms with E-state index in [1.165, 1.54) is 4.31 Å². The van der Waals surface area contributed by atoms with E-state index in [0.29, 0.717) is 18.0 Å². The molecule has 1 aliphatic heterocycles. The molecule has 8 heteroatoms. The number of carbonyl (C=O) groups is 2. The Kier molecular flexibility index (Phi) is 5.82. The van der Waals surface area contributed by atoms with E-state index in [9.17, 15) is 18.0 Å². The molecule has 0 aromatic heterocycles. The highest BCUT2D eigenvalue weighted by molar-refractivity contribution is 7.89. The number of rotatable bonds is 5. The Morgan fingerprint density at radius 2 is 1.54 bits per heavy atom. The first-order valence-corrected chi connectivity index (χ1v) is 11.1. The smallest absolute Gasteiger partial charge is 0.309 e. The molecule has 3 rings (SSSR count). The molecule has 154 valence electrons. The first-order valence-electron chi connectivity index (χ1n) is 9.65. The summed E-state index contributed by atoms with van der Waals surface area (Å²) in [5, 5.41) is 0. The van der Waals surface area contributed by atoms with Crippen molar-refractivity contribution >= 4 is 21.9 Å². The average molecular weight is 409 g/mol. The predicted molar refractivity (Wildman–Crippen MR) is 104 cm³/mol. The van der Waals surface area contributed by atoms with Crippen LogP contribution >= 0.6 is 0 Å². The minimum atomic E-state index is -3.64. The summed E-state index contributed by atoms with van der Waals surface area (Å²) in [6.07, 6.45) is 1.67. The van der Waals surface area contributed by atoms with Gasteiger partial charge in [-0.05, 0) is 62.8 Å². The number of ether oxygens (including phenoxy) is 1. The second-order valence-electron chi connectivity index (χ2n) is 7.76. The van der Waals surface area contributed by atoms with Crippen LogP contribution in [-0.2, 0) is 24.3 Å². The van der Waals surface area contributed by atoms with Crippen LogP contribution in [0, 0.1) is 33.6 Å². The number of benzene rings is 1. The lowest BCUT2D eigenvalue weighted by Crippen LogP contribution is -2.51. The van der Waals surface area contributed by atoms with Crippen molar-refractivity contribution in [1.29, 1.82) is 0 Å². The lowest BCUT2D eigenvalue weighted by molar-refractivity contribution is -0.153. The Morgan fingerprint density at radius 3 is 2.04 bits per heavy atom. The first kappa shape index (κ1) is 20.8. The number of piperazine rings is 1. The highest BCUT2D eigenvalue weighted by Gasteiger charge is 2.34. The summed E-state index contributed by atoms with van der Waals surface area (Å²) in [5.41, 5.74) is 3.45. The minimum absolute atomic E-state index is 0.0425. The van der Waals surface area contributed by atoms with Gasteiger partial charge in [-0.1, -0.05) is 6.07 Å². The molecule has 1 aliphatic carbocycles. The number of hydrogen-bond donors (Lipinski definition) is 0. The second kappa shape index (κ2) is 7.83. The Balaban J connectivity index is 1.65. The van der Waals surface area contributed by atoms with Crippen LogP contribution in [0.25, 0.3) is 0 Å². The monoisotopic (exact) mass is 408 g/mol. The van der Waals surface area contributed by atoms with E-state index in [2.05, 4.69) is 0 Å². The largest absolute Gasteiger partial charge is 0.455 e. The molecule has 0 unspecified atom stereocenters. The molecule has 1 heterocycles. The first-order chi connectivity index (χ1) is 13.1. The van der Waals surface area contributed by atoms with Crippen LogP contribution in [0.1, 0.15) is 35.1 Å². The van der Waals surface area contributed by atoms with Gasteiger partial charge in [-0.3, -0.25) is 9.59 Å². The molecule has 1 saturated heterocycles. The fraction of sp³-hybridized carbons (Fsp3) is 0.600. The molecule has 2 fully saturated rings. The molecule has 0 spiro atoms. The van der Waals surface area contributed by atoms with E-state index in [4.69, 9.17) is 4.74 Å². The second-order valence-corrected chi connectivity index (χ2v) is 9.63. The topological polar surface area (TPSA) is 84.0 Å². The third-order valence-electron chi connectivity index (χ3n) is 5.74. The molecule has 1 amide bonds. The van der Waals surface area contributed by atoms with Gasteiger partial charge in [0.05, 0.1) is 10.8 Å². The molecule has 7 nitrogen and oxygen atoms in total. The SMILES string of the molecule is Cc1cc(C)c(C)c(S(=O)(=O)N2CCN(C(=O)COC(=O)C3CC3)CC2)c1C. The summed E-state index contributed by atoms with van der Waals surface area (Å²) >= 11 is 0. The van der Waals surface area contributed by atoms with E-state index in [-0.39, 0.29) is 37.5 Å². The quantitative estimate of drug-likeness (QED) is 0.693. The fourth-order valence-electron chi connectivity index (χ4n) is 3.54. The van der Waals surface area contributed by atoms with E-state index >= 15 is 0 Å². The average Bonchev–Trinajstić information content (AvgIpc) is 3.49. The molecule has 1 saturated carbocycles. The zero-order valence-corrected chi connectivity index (χ0v) is 17.8. The Morgan fingerprint density at radius 1 is 1.00 bits per heavy atom. The van der Waals surface area contributed by atoms with Crippen molar-refractivity contribution in [2.24, 2.45) is 5.92 Å². The molecule has 1 aromatic rings. The Hall–Kier alpha value is -1.93. The van der Waals surface area contributed by atoms with Gasteiger partial charge in [0.1, 0.15) is 0 Å². The van der Waals surface area contributed by atoms with Crippen LogP contribution < -0.4 is 0 Å². The van der Waals surface area contributed by atoms with Crippen molar-refractivity contribution in [2.45, 2.75) is 45.4 Å². The van der Waals surface area contributed by atoms with Crippen molar-refractivity contribution in [3.63, 3.8) is 0 Å². The van der Waals surface area contributed by atoms with Gasteiger partial charge in [0.25, 0.3) is 5.91 Å². The van der Waals surface area contributed by atoms with Gasteiger partial charge in [0.15, 0.2) is 6.61 Å². The molecule has 0 atom stereocenters. The summed E-state index contributed by atoms with van der Waals surface area (Å²) < 4.78 is 33.0. The number of esters is 1. The van der Waals surface area contributed by atoms with E-state index < -0.39 is 10.0 Å². The number of sulfonamides is 1. The normalized spacial score (nSPS) is 18.2. The maximum absolute atomic E-state index is 13.3. The van der Waals surface area contributed by atoms with E-state index in [1.807, 2.05) is 33.8 Å². The highest BCUT2D eigenvalue weighted by atomic mass is 32.2. The minimum Gasteiger partial charge on any atom is -0.455 e. The van der Waals surface area contributed by atoms with Gasteiger partial charge < -0.3 is 9.64 Å². The molecular formula is C20H28N2O5S. The number of nitrogens with zero attached hydrogens (tertiary/aromatic N) is 2. The van der Waals surface area contributed by atoms with E-state index in [0.717, 1.165) is 35.1 Å². The van der Waals surface area contributed by atoms with Crippen LogP contribution in [0.5, 0.6) is 0 Å².